The second-order valence-corrected chi connectivity index (χ2v) is 9.14. The third-order valence-electron chi connectivity index (χ3n) is 4.65. The molecule has 0 aliphatic carbocycles. The first-order chi connectivity index (χ1) is 14.4. The summed E-state index contributed by atoms with van der Waals surface area (Å²) in [5.41, 5.74) is 2.70. The number of thiocarbonyl (C=S) groups is 1. The molecule has 6 nitrogen and oxygen atoms in total. The molecule has 9 heteroatoms. The Hall–Kier alpha value is -2.81. The van der Waals surface area contributed by atoms with Gasteiger partial charge in [0.15, 0.2) is 0 Å². The van der Waals surface area contributed by atoms with Gasteiger partial charge in [-0.1, -0.05) is 41.9 Å². The number of hydrogen-bond donors (Lipinski definition) is 1. The van der Waals surface area contributed by atoms with Crippen LogP contribution in [0.1, 0.15) is 17.0 Å². The molecule has 1 aliphatic heterocycles. The molecule has 4 rings (SSSR count). The second kappa shape index (κ2) is 8.51. The Balaban J connectivity index is 1.61. The number of hydrazone groups is 1. The van der Waals surface area contributed by atoms with Crippen LogP contribution in [0.25, 0.3) is 0 Å². The molecule has 152 valence electrons. The zero-order valence-corrected chi connectivity index (χ0v) is 18.0. The van der Waals surface area contributed by atoms with E-state index in [1.165, 1.54) is 29.3 Å². The first-order valence-corrected chi connectivity index (χ1v) is 11.3. The van der Waals surface area contributed by atoms with Crippen LogP contribution in [0.4, 0.5) is 0 Å². The molecule has 0 saturated heterocycles. The smallest absolute Gasteiger partial charge is 0.263 e. The van der Waals surface area contributed by atoms with Crippen LogP contribution in [0.3, 0.4) is 0 Å². The fourth-order valence-electron chi connectivity index (χ4n) is 3.19. The van der Waals surface area contributed by atoms with Crippen molar-refractivity contribution in [2.75, 3.05) is 6.54 Å². The number of pyridine rings is 1. The SMILES string of the molecule is O=S(=O)(NC(=S)N1CC(c2ccccc2)C(c2cccnc2)=N1)c1ccc(Cl)cc1. The summed E-state index contributed by atoms with van der Waals surface area (Å²) in [4.78, 5) is 4.25. The van der Waals surface area contributed by atoms with Crippen LogP contribution >= 0.6 is 23.8 Å². The van der Waals surface area contributed by atoms with Crippen molar-refractivity contribution >= 4 is 44.7 Å². The molecular formula is C21H17ClN4O2S2. The van der Waals surface area contributed by atoms with Gasteiger partial charge in [-0.15, -0.1) is 0 Å². The Morgan fingerprint density at radius 3 is 2.47 bits per heavy atom. The fraction of sp³-hybridized carbons (Fsp3) is 0.0952. The summed E-state index contributed by atoms with van der Waals surface area (Å²) in [6.45, 7) is 0.413. The molecule has 1 N–H and O–H groups in total. The van der Waals surface area contributed by atoms with Crippen molar-refractivity contribution in [2.24, 2.45) is 5.10 Å². The lowest BCUT2D eigenvalue weighted by Crippen LogP contribution is -2.39. The summed E-state index contributed by atoms with van der Waals surface area (Å²) >= 11 is 11.2. The van der Waals surface area contributed by atoms with Gasteiger partial charge in [0.05, 0.1) is 17.2 Å². The molecule has 0 spiro atoms. The highest BCUT2D eigenvalue weighted by atomic mass is 35.5. The Kier molecular flexibility index (Phi) is 5.80. The molecule has 1 atom stereocenters. The van der Waals surface area contributed by atoms with Gasteiger partial charge in [-0.05, 0) is 54.2 Å². The standard InChI is InChI=1S/C21H17ClN4O2S2/c22-17-8-10-18(11-9-17)30(27,28)25-21(29)26-14-19(15-5-2-1-3-6-15)20(24-26)16-7-4-12-23-13-16/h1-13,19H,14H2,(H,25,29). The van der Waals surface area contributed by atoms with E-state index in [0.717, 1.165) is 16.8 Å². The van der Waals surface area contributed by atoms with Gasteiger partial charge in [-0.25, -0.2) is 13.4 Å². The van der Waals surface area contributed by atoms with Crippen LogP contribution in [0.15, 0.2) is 89.1 Å². The molecule has 0 bridgehead atoms. The highest BCUT2D eigenvalue weighted by Crippen LogP contribution is 2.28. The van der Waals surface area contributed by atoms with Crippen LogP contribution in [0.2, 0.25) is 5.02 Å². The van der Waals surface area contributed by atoms with Crippen LogP contribution in [-0.2, 0) is 10.0 Å². The average Bonchev–Trinajstić information content (AvgIpc) is 3.21. The van der Waals surface area contributed by atoms with E-state index < -0.39 is 10.0 Å². The fourth-order valence-corrected chi connectivity index (χ4v) is 4.71. The first kappa shape index (κ1) is 20.5. The van der Waals surface area contributed by atoms with Crippen molar-refractivity contribution in [1.29, 1.82) is 0 Å². The van der Waals surface area contributed by atoms with E-state index in [2.05, 4.69) is 14.8 Å². The van der Waals surface area contributed by atoms with E-state index in [4.69, 9.17) is 23.8 Å². The number of halogens is 1. The zero-order valence-electron chi connectivity index (χ0n) is 15.6. The molecule has 30 heavy (non-hydrogen) atoms. The lowest BCUT2D eigenvalue weighted by Gasteiger charge is -2.18. The molecule has 2 aromatic carbocycles. The summed E-state index contributed by atoms with van der Waals surface area (Å²) in [5.74, 6) is -0.0756. The predicted octanol–water partition coefficient (Wildman–Crippen LogP) is 3.80. The Morgan fingerprint density at radius 2 is 1.80 bits per heavy atom. The van der Waals surface area contributed by atoms with Crippen LogP contribution in [-0.4, -0.2) is 35.8 Å². The zero-order chi connectivity index (χ0) is 21.1. The summed E-state index contributed by atoms with van der Waals surface area (Å²) in [7, 11) is -3.85. The number of hydrogen-bond acceptors (Lipinski definition) is 5. The van der Waals surface area contributed by atoms with E-state index in [0.29, 0.717) is 11.6 Å². The molecule has 1 aromatic heterocycles. The summed E-state index contributed by atoms with van der Waals surface area (Å²) in [6, 6.07) is 19.5. The first-order valence-electron chi connectivity index (χ1n) is 9.08. The number of rotatable bonds is 4. The quantitative estimate of drug-likeness (QED) is 0.604. The Morgan fingerprint density at radius 1 is 1.07 bits per heavy atom. The van der Waals surface area contributed by atoms with Crippen molar-refractivity contribution in [1.82, 2.24) is 14.7 Å². The van der Waals surface area contributed by atoms with Crippen molar-refractivity contribution in [3.8, 4) is 0 Å². The molecule has 0 saturated carbocycles. The van der Waals surface area contributed by atoms with Gasteiger partial charge in [-0.3, -0.25) is 9.71 Å². The van der Waals surface area contributed by atoms with E-state index in [9.17, 15) is 8.42 Å². The third-order valence-corrected chi connectivity index (χ3v) is 6.70. The minimum Gasteiger partial charge on any atom is -0.264 e. The third kappa shape index (κ3) is 4.35. The normalized spacial score (nSPS) is 16.2. The number of benzene rings is 2. The van der Waals surface area contributed by atoms with Crippen molar-refractivity contribution in [3.05, 3.63) is 95.3 Å². The highest BCUT2D eigenvalue weighted by Gasteiger charge is 2.32. The maximum atomic E-state index is 12.7. The van der Waals surface area contributed by atoms with E-state index in [1.807, 2.05) is 42.5 Å². The molecule has 0 amide bonds. The van der Waals surface area contributed by atoms with Gasteiger partial charge in [0.25, 0.3) is 10.0 Å². The van der Waals surface area contributed by atoms with Gasteiger partial charge < -0.3 is 0 Å². The number of aromatic nitrogens is 1. The molecule has 1 unspecified atom stereocenters. The largest absolute Gasteiger partial charge is 0.264 e. The molecular weight excluding hydrogens is 440 g/mol. The minimum absolute atomic E-state index is 0.00442. The Labute approximate surface area is 185 Å². The number of sulfonamides is 1. The summed E-state index contributed by atoms with van der Waals surface area (Å²) in [6.07, 6.45) is 3.43. The minimum atomic E-state index is -3.85. The van der Waals surface area contributed by atoms with E-state index >= 15 is 0 Å². The highest BCUT2D eigenvalue weighted by molar-refractivity contribution is 7.91. The van der Waals surface area contributed by atoms with Gasteiger partial charge in [0, 0.05) is 28.9 Å². The van der Waals surface area contributed by atoms with Crippen LogP contribution in [0, 0.1) is 0 Å². The molecule has 3 aromatic rings. The van der Waals surface area contributed by atoms with Crippen molar-refractivity contribution in [3.63, 3.8) is 0 Å². The van der Waals surface area contributed by atoms with Gasteiger partial charge in [0.2, 0.25) is 5.11 Å². The van der Waals surface area contributed by atoms with Gasteiger partial charge in [0.1, 0.15) is 0 Å². The lowest BCUT2D eigenvalue weighted by molar-refractivity contribution is 0.472. The second-order valence-electron chi connectivity index (χ2n) is 6.64. The van der Waals surface area contributed by atoms with E-state index in [1.54, 1.807) is 12.4 Å². The van der Waals surface area contributed by atoms with Crippen LogP contribution < -0.4 is 4.72 Å². The molecule has 0 radical (unpaired) electrons. The monoisotopic (exact) mass is 456 g/mol. The topological polar surface area (TPSA) is 74.7 Å². The van der Waals surface area contributed by atoms with Gasteiger partial charge in [-0.2, -0.15) is 5.10 Å². The number of nitrogens with zero attached hydrogens (tertiary/aromatic N) is 3. The lowest BCUT2D eigenvalue weighted by atomic mass is 9.91. The van der Waals surface area contributed by atoms with Crippen LogP contribution in [0.5, 0.6) is 0 Å². The van der Waals surface area contributed by atoms with Crippen molar-refractivity contribution < 1.29 is 8.42 Å². The van der Waals surface area contributed by atoms with Gasteiger partial charge >= 0.3 is 0 Å². The Bertz CT molecular complexity index is 1180. The summed E-state index contributed by atoms with van der Waals surface area (Å²) < 4.78 is 27.8. The summed E-state index contributed by atoms with van der Waals surface area (Å²) in [5, 5.41) is 6.59. The molecule has 1 aliphatic rings. The average molecular weight is 457 g/mol. The molecule has 0 fully saturated rings. The number of nitrogens with one attached hydrogen (secondary N) is 1. The molecule has 2 heterocycles. The van der Waals surface area contributed by atoms with E-state index in [-0.39, 0.29) is 15.9 Å². The predicted molar refractivity (Wildman–Crippen MR) is 121 cm³/mol. The van der Waals surface area contributed by atoms with Crippen molar-refractivity contribution in [2.45, 2.75) is 10.8 Å². The maximum Gasteiger partial charge on any atom is 0.263 e. The maximum absolute atomic E-state index is 12.7.